The fourth-order valence-electron chi connectivity index (χ4n) is 2.54. The molecule has 2 aliphatic heterocycles. The summed E-state index contributed by atoms with van der Waals surface area (Å²) in [4.78, 5) is 0. The molecule has 5 nitrogen and oxygen atoms in total. The highest BCUT2D eigenvalue weighted by atomic mass is 35.5. The maximum atomic E-state index is 12.4. The number of piperidine rings is 1. The van der Waals surface area contributed by atoms with Crippen molar-refractivity contribution >= 4 is 22.6 Å². The van der Waals surface area contributed by atoms with Crippen LogP contribution < -0.4 is 5.32 Å². The molecule has 2 fully saturated rings. The first-order valence-corrected chi connectivity index (χ1v) is 7.85. The Morgan fingerprint density at radius 3 is 2.33 bits per heavy atom. The molecule has 2 saturated heterocycles. The summed E-state index contributed by atoms with van der Waals surface area (Å²) < 4.78 is 28.0. The lowest BCUT2D eigenvalue weighted by Gasteiger charge is -2.34. The first-order chi connectivity index (χ1) is 8.01. The monoisotopic (exact) mass is 297 g/mol. The summed E-state index contributed by atoms with van der Waals surface area (Å²) >= 11 is 0. The molecular weight excluding hydrogens is 274 g/mol. The molecule has 0 aromatic heterocycles. The summed E-state index contributed by atoms with van der Waals surface area (Å²) in [6.07, 6.45) is 2.88. The lowest BCUT2D eigenvalue weighted by molar-refractivity contribution is 0.260. The van der Waals surface area contributed by atoms with Gasteiger partial charge in [0.05, 0.1) is 0 Å². The van der Waals surface area contributed by atoms with Crippen LogP contribution in [0.25, 0.3) is 0 Å². The molecule has 1 N–H and O–H groups in total. The quantitative estimate of drug-likeness (QED) is 0.833. The number of nitrogens with zero attached hydrogens (tertiary/aromatic N) is 2. The highest BCUT2D eigenvalue weighted by Crippen LogP contribution is 2.22. The van der Waals surface area contributed by atoms with Gasteiger partial charge in [0.25, 0.3) is 10.2 Å². The van der Waals surface area contributed by atoms with E-state index in [1.54, 1.807) is 15.7 Å². The van der Waals surface area contributed by atoms with E-state index in [-0.39, 0.29) is 18.4 Å². The molecule has 0 aliphatic carbocycles. The fourth-order valence-corrected chi connectivity index (χ4v) is 4.13. The first-order valence-electron chi connectivity index (χ1n) is 6.45. The molecule has 2 rings (SSSR count). The van der Waals surface area contributed by atoms with Gasteiger partial charge < -0.3 is 5.32 Å². The van der Waals surface area contributed by atoms with E-state index in [0.29, 0.717) is 19.0 Å². The van der Waals surface area contributed by atoms with E-state index in [1.165, 1.54) is 0 Å². The second kappa shape index (κ2) is 6.52. The Morgan fingerprint density at radius 2 is 1.83 bits per heavy atom. The molecule has 7 heteroatoms. The topological polar surface area (TPSA) is 52.7 Å². The van der Waals surface area contributed by atoms with Crippen molar-refractivity contribution in [2.24, 2.45) is 5.92 Å². The molecule has 108 valence electrons. The smallest absolute Gasteiger partial charge is 0.282 e. The summed E-state index contributed by atoms with van der Waals surface area (Å²) in [6.45, 7) is 5.23. The Bertz CT molecular complexity index is 349. The molecule has 18 heavy (non-hydrogen) atoms. The highest BCUT2D eigenvalue weighted by Gasteiger charge is 2.34. The minimum Gasteiger partial charge on any atom is -0.315 e. The summed E-state index contributed by atoms with van der Waals surface area (Å²) in [5.74, 6) is 0.653. The van der Waals surface area contributed by atoms with E-state index >= 15 is 0 Å². The van der Waals surface area contributed by atoms with E-state index < -0.39 is 10.2 Å². The van der Waals surface area contributed by atoms with Crippen LogP contribution in [-0.2, 0) is 10.2 Å². The minimum absolute atomic E-state index is 0. The molecule has 0 amide bonds. The Kier molecular flexibility index (Phi) is 5.86. The Hall–Kier alpha value is 0.120. The third-order valence-corrected chi connectivity index (χ3v) is 6.03. The standard InChI is InChI=1S/C11H23N3O2S.ClH/c1-10-4-7-14(8-5-10)17(15,16)13(2)11-3-6-12-9-11;/h10-12H,3-9H2,1-2H3;1H. The van der Waals surface area contributed by atoms with E-state index in [2.05, 4.69) is 12.2 Å². The average Bonchev–Trinajstić information content (AvgIpc) is 2.82. The minimum atomic E-state index is -3.24. The maximum Gasteiger partial charge on any atom is 0.282 e. The lowest BCUT2D eigenvalue weighted by atomic mass is 10.0. The Balaban J connectivity index is 0.00000162. The zero-order valence-corrected chi connectivity index (χ0v) is 12.8. The van der Waals surface area contributed by atoms with Gasteiger partial charge in [0.15, 0.2) is 0 Å². The van der Waals surface area contributed by atoms with E-state index in [1.807, 2.05) is 0 Å². The van der Waals surface area contributed by atoms with Gasteiger partial charge in [-0.15, -0.1) is 12.4 Å². The predicted octanol–water partition coefficient (Wildman–Crippen LogP) is 0.679. The van der Waals surface area contributed by atoms with Gasteiger partial charge in [-0.1, -0.05) is 6.92 Å². The van der Waals surface area contributed by atoms with Gasteiger partial charge in [-0.05, 0) is 31.7 Å². The van der Waals surface area contributed by atoms with Crippen molar-refractivity contribution in [2.45, 2.75) is 32.2 Å². The second-order valence-corrected chi connectivity index (χ2v) is 7.24. The van der Waals surface area contributed by atoms with Crippen molar-refractivity contribution in [3.8, 4) is 0 Å². The molecule has 1 unspecified atom stereocenters. The largest absolute Gasteiger partial charge is 0.315 e. The van der Waals surface area contributed by atoms with Gasteiger partial charge >= 0.3 is 0 Å². The van der Waals surface area contributed by atoms with Gasteiger partial charge in [-0.2, -0.15) is 17.0 Å². The molecule has 0 radical (unpaired) electrons. The summed E-state index contributed by atoms with van der Waals surface area (Å²) in [6, 6.07) is 0.124. The molecular formula is C11H24ClN3O2S. The van der Waals surface area contributed by atoms with Gasteiger partial charge in [0.2, 0.25) is 0 Å². The zero-order valence-electron chi connectivity index (χ0n) is 11.1. The number of hydrogen-bond donors (Lipinski definition) is 1. The fraction of sp³-hybridized carbons (Fsp3) is 1.00. The van der Waals surface area contributed by atoms with Gasteiger partial charge in [-0.25, -0.2) is 0 Å². The van der Waals surface area contributed by atoms with Crippen molar-refractivity contribution in [3.63, 3.8) is 0 Å². The van der Waals surface area contributed by atoms with Crippen molar-refractivity contribution in [1.29, 1.82) is 0 Å². The molecule has 2 aliphatic rings. The van der Waals surface area contributed by atoms with Crippen molar-refractivity contribution in [2.75, 3.05) is 33.2 Å². The van der Waals surface area contributed by atoms with E-state index in [4.69, 9.17) is 0 Å². The van der Waals surface area contributed by atoms with Gasteiger partial charge in [0.1, 0.15) is 0 Å². The average molecular weight is 298 g/mol. The van der Waals surface area contributed by atoms with Crippen LogP contribution in [0.3, 0.4) is 0 Å². The number of rotatable bonds is 3. The van der Waals surface area contributed by atoms with E-state index in [0.717, 1.165) is 32.4 Å². The van der Waals surface area contributed by atoms with Crippen LogP contribution in [0, 0.1) is 5.92 Å². The molecule has 0 bridgehead atoms. The third-order valence-electron chi connectivity index (χ3n) is 3.98. The first kappa shape index (κ1) is 16.2. The van der Waals surface area contributed by atoms with Crippen LogP contribution in [0.4, 0.5) is 0 Å². The van der Waals surface area contributed by atoms with Crippen LogP contribution in [0.15, 0.2) is 0 Å². The Morgan fingerprint density at radius 1 is 1.22 bits per heavy atom. The van der Waals surface area contributed by atoms with E-state index in [9.17, 15) is 8.42 Å². The van der Waals surface area contributed by atoms with Gasteiger partial charge in [0, 0.05) is 32.7 Å². The maximum absolute atomic E-state index is 12.4. The second-order valence-electron chi connectivity index (χ2n) is 5.25. The van der Waals surface area contributed by atoms with Crippen LogP contribution in [0.1, 0.15) is 26.2 Å². The Labute approximate surface area is 116 Å². The number of halogens is 1. The molecule has 0 saturated carbocycles. The number of nitrogens with one attached hydrogen (secondary N) is 1. The summed E-state index contributed by atoms with van der Waals surface area (Å²) in [7, 11) is -1.53. The molecule has 0 aromatic rings. The molecule has 0 aromatic carbocycles. The summed E-state index contributed by atoms with van der Waals surface area (Å²) in [5.41, 5.74) is 0. The van der Waals surface area contributed by atoms with Gasteiger partial charge in [-0.3, -0.25) is 0 Å². The van der Waals surface area contributed by atoms with Crippen LogP contribution in [0.2, 0.25) is 0 Å². The van der Waals surface area contributed by atoms with Crippen molar-refractivity contribution in [1.82, 2.24) is 13.9 Å². The van der Waals surface area contributed by atoms with Crippen molar-refractivity contribution in [3.05, 3.63) is 0 Å². The van der Waals surface area contributed by atoms with Crippen LogP contribution >= 0.6 is 12.4 Å². The number of likely N-dealkylation sites (N-methyl/N-ethyl adjacent to an activating group) is 1. The zero-order chi connectivity index (χ0) is 12.5. The van der Waals surface area contributed by atoms with Crippen LogP contribution in [0.5, 0.6) is 0 Å². The third kappa shape index (κ3) is 3.36. The SMILES string of the molecule is CC1CCN(S(=O)(=O)N(C)C2CCNC2)CC1.Cl. The molecule has 0 spiro atoms. The molecule has 1 atom stereocenters. The highest BCUT2D eigenvalue weighted by molar-refractivity contribution is 7.86. The normalized spacial score (nSPS) is 27.4. The van der Waals surface area contributed by atoms with Crippen LogP contribution in [-0.4, -0.2) is 56.3 Å². The predicted molar refractivity (Wildman–Crippen MR) is 75.2 cm³/mol. The summed E-state index contributed by atoms with van der Waals surface area (Å²) in [5, 5.41) is 3.21. The molecule has 2 heterocycles. The number of hydrogen-bond acceptors (Lipinski definition) is 3. The lowest BCUT2D eigenvalue weighted by Crippen LogP contribution is -2.49. The van der Waals surface area contributed by atoms with Crippen molar-refractivity contribution < 1.29 is 8.42 Å².